The summed E-state index contributed by atoms with van der Waals surface area (Å²) in [5.41, 5.74) is -4.65. The molecule has 0 amide bonds. The molecule has 11 heteroatoms. The van der Waals surface area contributed by atoms with Crippen LogP contribution in [-0.2, 0) is 29.0 Å². The Hall–Kier alpha value is -0.987. The largest absolute Gasteiger partial charge is 0.486 e. The zero-order valence-electron chi connectivity index (χ0n) is 14.0. The van der Waals surface area contributed by atoms with Crippen LogP contribution in [0.4, 0.5) is 26.3 Å². The van der Waals surface area contributed by atoms with Crippen LogP contribution in [0.1, 0.15) is 38.5 Å². The Balaban J connectivity index is 0.00000364. The van der Waals surface area contributed by atoms with E-state index < -0.39 is 54.1 Å². The molecule has 2 fully saturated rings. The zero-order valence-corrected chi connectivity index (χ0v) is 15.7. The molecular weight excluding hydrogens is 471 g/mol. The van der Waals surface area contributed by atoms with Crippen molar-refractivity contribution in [3.05, 3.63) is 17.6 Å². The van der Waals surface area contributed by atoms with Crippen LogP contribution in [0.5, 0.6) is 0 Å². The molecule has 27 heavy (non-hydrogen) atoms. The third-order valence-electron chi connectivity index (χ3n) is 5.57. The van der Waals surface area contributed by atoms with Gasteiger partial charge in [0.05, 0.1) is 0 Å². The second kappa shape index (κ2) is 8.57. The molecule has 2 rings (SSSR count). The van der Waals surface area contributed by atoms with Gasteiger partial charge in [-0.1, -0.05) is 6.42 Å². The van der Waals surface area contributed by atoms with Gasteiger partial charge in [-0.3, -0.25) is 11.4 Å². The van der Waals surface area contributed by atoms with Gasteiger partial charge in [-0.2, -0.15) is 26.3 Å². The van der Waals surface area contributed by atoms with Gasteiger partial charge >= 0.3 is 12.4 Å². The Morgan fingerprint density at radius 3 is 1.96 bits per heavy atom. The molecule has 2 aliphatic carbocycles. The van der Waals surface area contributed by atoms with Crippen LogP contribution in [0.25, 0.3) is 0 Å². The van der Waals surface area contributed by atoms with Gasteiger partial charge in [-0.05, 0) is 49.1 Å². The van der Waals surface area contributed by atoms with Crippen LogP contribution < -0.4 is 0 Å². The summed E-state index contributed by atoms with van der Waals surface area (Å²) in [5, 5.41) is 1.65. The van der Waals surface area contributed by atoms with Gasteiger partial charge in [-0.15, -0.1) is 4.91 Å². The molecule has 0 bridgehead atoms. The van der Waals surface area contributed by atoms with E-state index in [1.807, 2.05) is 6.08 Å². The van der Waals surface area contributed by atoms with Crippen molar-refractivity contribution >= 4 is 5.97 Å². The summed E-state index contributed by atoms with van der Waals surface area (Å²) in [4.78, 5) is 22.4. The molecule has 0 aromatic carbocycles. The summed E-state index contributed by atoms with van der Waals surface area (Å²) < 4.78 is 85.8. The second-order valence-corrected chi connectivity index (χ2v) is 6.77. The number of carbonyl (C=O) groups excluding carboxylic acids is 1. The maximum absolute atomic E-state index is 13.5. The molecular formula is C16H18F6NO3Rh-. The van der Waals surface area contributed by atoms with Crippen molar-refractivity contribution in [3.63, 3.8) is 0 Å². The molecule has 0 aromatic heterocycles. The molecule has 4 unspecified atom stereocenters. The van der Waals surface area contributed by atoms with Crippen molar-refractivity contribution in [2.75, 3.05) is 0 Å². The van der Waals surface area contributed by atoms with Gasteiger partial charge in [0, 0.05) is 25.4 Å². The fraction of sp³-hybridized carbons (Fsp3) is 0.812. The van der Waals surface area contributed by atoms with E-state index in [0.29, 0.717) is 12.8 Å². The Kier molecular flexibility index (Phi) is 7.64. The molecule has 4 atom stereocenters. The van der Waals surface area contributed by atoms with Crippen molar-refractivity contribution in [1.29, 1.82) is 0 Å². The third-order valence-corrected chi connectivity index (χ3v) is 5.57. The van der Waals surface area contributed by atoms with E-state index in [2.05, 4.69) is 6.58 Å². The van der Waals surface area contributed by atoms with Gasteiger partial charge in [-0.25, -0.2) is 0 Å². The maximum atomic E-state index is 13.5. The monoisotopic (exact) mass is 489 g/mol. The first kappa shape index (κ1) is 24.1. The van der Waals surface area contributed by atoms with Gasteiger partial charge in [0.1, 0.15) is 12.1 Å². The summed E-state index contributed by atoms with van der Waals surface area (Å²) in [6.45, 7) is 3.11. The number of nitrogens with zero attached hydrogens (tertiary/aromatic N) is 1. The maximum Gasteiger partial charge on any atom is 0.426 e. The van der Waals surface area contributed by atoms with Gasteiger partial charge in [0.25, 0.3) is 5.54 Å². The molecule has 0 spiro atoms. The quantitative estimate of drug-likeness (QED) is 0.143. The predicted molar refractivity (Wildman–Crippen MR) is 77.6 cm³/mol. The third kappa shape index (κ3) is 4.22. The summed E-state index contributed by atoms with van der Waals surface area (Å²) in [6, 6.07) is 0. The van der Waals surface area contributed by atoms with Crippen molar-refractivity contribution in [3.8, 4) is 0 Å². The zero-order chi connectivity index (χ0) is 19.8. The number of esters is 1. The predicted octanol–water partition coefficient (Wildman–Crippen LogP) is 4.73. The van der Waals surface area contributed by atoms with Gasteiger partial charge < -0.3 is 10.8 Å². The molecule has 0 aliphatic heterocycles. The van der Waals surface area contributed by atoms with E-state index in [0.717, 1.165) is 0 Å². The topological polar surface area (TPSA) is 55.7 Å². The minimum Gasteiger partial charge on any atom is -0.486 e. The van der Waals surface area contributed by atoms with Crippen molar-refractivity contribution < 1.29 is 55.4 Å². The fourth-order valence-electron chi connectivity index (χ4n) is 4.54. The van der Waals surface area contributed by atoms with Crippen LogP contribution in [0, 0.1) is 28.7 Å². The molecule has 0 aromatic rings. The Morgan fingerprint density at radius 2 is 1.48 bits per heavy atom. The average Bonchev–Trinajstić information content (AvgIpc) is 2.53. The smallest absolute Gasteiger partial charge is 0.426 e. The molecule has 2 saturated carbocycles. The van der Waals surface area contributed by atoms with E-state index in [1.54, 1.807) is 5.18 Å². The number of carbonyl (C=O) groups is 1. The molecule has 157 valence electrons. The van der Waals surface area contributed by atoms with Crippen LogP contribution in [0.15, 0.2) is 11.8 Å². The van der Waals surface area contributed by atoms with Crippen LogP contribution in [0.3, 0.4) is 0 Å². The van der Waals surface area contributed by atoms with E-state index in [4.69, 9.17) is 4.74 Å². The standard InChI is InChI=1S/C16H18F6NO3.Rh/c1-2-13(24)26-12-8-4-5-9-10(12)6-3-7-11(9)14(23-25,15(17,18)19)16(20,21)22;/h9-12H,1,3-8H2;/q-1;. The first-order chi connectivity index (χ1) is 12.0. The van der Waals surface area contributed by atoms with Crippen LogP contribution >= 0.6 is 0 Å². The van der Waals surface area contributed by atoms with Gasteiger partial charge in [0.15, 0.2) is 0 Å². The number of halogens is 6. The van der Waals surface area contributed by atoms with E-state index in [9.17, 15) is 36.0 Å². The minimum atomic E-state index is -5.86. The second-order valence-electron chi connectivity index (χ2n) is 6.77. The molecule has 0 N–H and O–H groups in total. The molecule has 0 saturated heterocycles. The fourth-order valence-corrected chi connectivity index (χ4v) is 4.54. The van der Waals surface area contributed by atoms with Crippen LogP contribution in [0.2, 0.25) is 0 Å². The van der Waals surface area contributed by atoms with E-state index in [1.165, 1.54) is 0 Å². The molecule has 2 aliphatic rings. The van der Waals surface area contributed by atoms with E-state index in [-0.39, 0.29) is 38.7 Å². The Morgan fingerprint density at radius 1 is 0.963 bits per heavy atom. The molecule has 0 heterocycles. The van der Waals surface area contributed by atoms with Crippen molar-refractivity contribution in [2.45, 2.75) is 62.5 Å². The molecule has 1 radical (unpaired) electrons. The van der Waals surface area contributed by atoms with Crippen molar-refractivity contribution in [1.82, 2.24) is 0 Å². The number of rotatable bonds is 4. The Bertz CT molecular complexity index is 551. The number of nitroso groups, excluding NO2 is 1. The van der Waals surface area contributed by atoms with Gasteiger partial charge in [0.2, 0.25) is 0 Å². The summed E-state index contributed by atoms with van der Waals surface area (Å²) in [7, 11) is 0. The number of ether oxygens (including phenoxy) is 1. The first-order valence-electron chi connectivity index (χ1n) is 8.21. The minimum absolute atomic E-state index is 0. The normalized spacial score (nSPS) is 29.1. The number of hydrogen-bond donors (Lipinski definition) is 0. The van der Waals surface area contributed by atoms with E-state index >= 15 is 0 Å². The summed E-state index contributed by atoms with van der Waals surface area (Å²) in [5.74, 6) is -4.69. The average molecular weight is 489 g/mol. The number of fused-ring (bicyclic) bond motifs is 1. The number of alkyl halides is 6. The first-order valence-corrected chi connectivity index (χ1v) is 8.21. The molecule has 4 nitrogen and oxygen atoms in total. The van der Waals surface area contributed by atoms with Crippen molar-refractivity contribution in [2.24, 2.45) is 22.9 Å². The summed E-state index contributed by atoms with van der Waals surface area (Å²) >= 11 is 0. The Labute approximate surface area is 164 Å². The SMILES string of the molecule is C=[C-]C(=O)OC1CCCC2C1CCCC2C(N=O)(C(F)(F)F)C(F)(F)F.[Rh]. The summed E-state index contributed by atoms with van der Waals surface area (Å²) in [6.07, 6.45) is -9.90. The number of hydrogen-bond acceptors (Lipinski definition) is 4. The van der Waals surface area contributed by atoms with Crippen LogP contribution in [-0.4, -0.2) is 30.0 Å².